The number of carbonyl (C=O) groups excluding carboxylic acids is 1. The van der Waals surface area contributed by atoms with Crippen LogP contribution in [-0.4, -0.2) is 32.5 Å². The van der Waals surface area contributed by atoms with Gasteiger partial charge >= 0.3 is 0 Å². The molecule has 0 radical (unpaired) electrons. The molecule has 0 bridgehead atoms. The Hall–Kier alpha value is -2.28. The highest BCUT2D eigenvalue weighted by Gasteiger charge is 2.23. The number of benzene rings is 1. The average Bonchev–Trinajstić information content (AvgIpc) is 3.31. The van der Waals surface area contributed by atoms with Gasteiger partial charge in [0.2, 0.25) is 11.7 Å². The van der Waals surface area contributed by atoms with Crippen LogP contribution in [0.1, 0.15) is 39.5 Å². The fourth-order valence-electron chi connectivity index (χ4n) is 3.86. The maximum absolute atomic E-state index is 12.4. The van der Waals surface area contributed by atoms with Gasteiger partial charge < -0.3 is 9.73 Å². The van der Waals surface area contributed by atoms with Gasteiger partial charge in [-0.3, -0.25) is 9.36 Å². The lowest BCUT2D eigenvalue weighted by Crippen LogP contribution is -2.41. The van der Waals surface area contributed by atoms with Gasteiger partial charge in [0.05, 0.1) is 5.75 Å². The molecule has 1 fully saturated rings. The van der Waals surface area contributed by atoms with E-state index in [0.29, 0.717) is 35.8 Å². The zero-order valence-corrected chi connectivity index (χ0v) is 17.2. The van der Waals surface area contributed by atoms with Gasteiger partial charge in [-0.15, -0.1) is 10.2 Å². The molecule has 1 aliphatic carbocycles. The first-order valence-corrected chi connectivity index (χ1v) is 11.0. The second kappa shape index (κ2) is 8.39. The summed E-state index contributed by atoms with van der Waals surface area (Å²) in [5, 5.41) is 13.6. The molecule has 148 valence electrons. The highest BCUT2D eigenvalue weighted by molar-refractivity contribution is 7.99. The van der Waals surface area contributed by atoms with Crippen LogP contribution in [0, 0.1) is 5.92 Å². The fraction of sp³-hybridized carbons (Fsp3) is 0.476. The van der Waals surface area contributed by atoms with E-state index in [1.165, 1.54) is 31.0 Å². The SMILES string of the molecule is CCn1c(SCC(=O)N[C@@H]2CCCC[C@H]2C)nnc1-c1cc2ccccc2o1. The minimum Gasteiger partial charge on any atom is -0.453 e. The third kappa shape index (κ3) is 3.94. The zero-order valence-electron chi connectivity index (χ0n) is 16.4. The maximum Gasteiger partial charge on any atom is 0.230 e. The smallest absolute Gasteiger partial charge is 0.230 e. The first kappa shape index (κ1) is 19.1. The number of fused-ring (bicyclic) bond motifs is 1. The van der Waals surface area contributed by atoms with Crippen molar-refractivity contribution in [2.75, 3.05) is 5.75 Å². The molecule has 2 atom stereocenters. The van der Waals surface area contributed by atoms with E-state index in [4.69, 9.17) is 4.42 Å². The minimum atomic E-state index is 0.0692. The van der Waals surface area contributed by atoms with E-state index < -0.39 is 0 Å². The summed E-state index contributed by atoms with van der Waals surface area (Å²) >= 11 is 1.43. The molecule has 28 heavy (non-hydrogen) atoms. The number of para-hydroxylation sites is 1. The summed E-state index contributed by atoms with van der Waals surface area (Å²) in [6.45, 7) is 4.98. The van der Waals surface area contributed by atoms with Crippen molar-refractivity contribution < 1.29 is 9.21 Å². The van der Waals surface area contributed by atoms with Gasteiger partial charge in [0.15, 0.2) is 10.9 Å². The van der Waals surface area contributed by atoms with Gasteiger partial charge in [-0.1, -0.05) is 49.7 Å². The Morgan fingerprint density at radius 1 is 1.29 bits per heavy atom. The highest BCUT2D eigenvalue weighted by atomic mass is 32.2. The van der Waals surface area contributed by atoms with Crippen LogP contribution < -0.4 is 5.32 Å². The summed E-state index contributed by atoms with van der Waals surface area (Å²) in [6, 6.07) is 10.2. The number of carbonyl (C=O) groups is 1. The number of nitrogens with zero attached hydrogens (tertiary/aromatic N) is 3. The summed E-state index contributed by atoms with van der Waals surface area (Å²) in [6.07, 6.45) is 4.75. The predicted molar refractivity (Wildman–Crippen MR) is 111 cm³/mol. The summed E-state index contributed by atoms with van der Waals surface area (Å²) in [5.74, 6) is 2.37. The molecule has 0 saturated heterocycles. The molecule has 3 aromatic rings. The molecular weight excluding hydrogens is 372 g/mol. The lowest BCUT2D eigenvalue weighted by molar-refractivity contribution is -0.119. The van der Waals surface area contributed by atoms with Crippen LogP contribution >= 0.6 is 11.8 Å². The van der Waals surface area contributed by atoms with E-state index in [9.17, 15) is 4.79 Å². The summed E-state index contributed by atoms with van der Waals surface area (Å²) < 4.78 is 7.93. The molecule has 7 heteroatoms. The lowest BCUT2D eigenvalue weighted by atomic mass is 9.86. The quantitative estimate of drug-likeness (QED) is 0.619. The first-order chi connectivity index (χ1) is 13.7. The Bertz CT molecular complexity index is 931. The molecule has 2 heterocycles. The topological polar surface area (TPSA) is 73.0 Å². The van der Waals surface area contributed by atoms with Crippen LogP contribution in [0.4, 0.5) is 0 Å². The van der Waals surface area contributed by atoms with Gasteiger partial charge in [0, 0.05) is 18.0 Å². The van der Waals surface area contributed by atoms with Gasteiger partial charge in [-0.05, 0) is 37.8 Å². The number of hydrogen-bond acceptors (Lipinski definition) is 5. The highest BCUT2D eigenvalue weighted by Crippen LogP contribution is 2.29. The third-order valence-electron chi connectivity index (χ3n) is 5.47. The molecule has 1 aromatic carbocycles. The van der Waals surface area contributed by atoms with Crippen LogP contribution in [0.3, 0.4) is 0 Å². The molecule has 0 aliphatic heterocycles. The van der Waals surface area contributed by atoms with E-state index in [1.54, 1.807) is 0 Å². The minimum absolute atomic E-state index is 0.0692. The fourth-order valence-corrected chi connectivity index (χ4v) is 4.68. The van der Waals surface area contributed by atoms with E-state index >= 15 is 0 Å². The summed E-state index contributed by atoms with van der Waals surface area (Å²) in [4.78, 5) is 12.4. The number of aromatic nitrogens is 3. The predicted octanol–water partition coefficient (Wildman–Crippen LogP) is 4.50. The first-order valence-electron chi connectivity index (χ1n) is 10.00. The third-order valence-corrected chi connectivity index (χ3v) is 6.44. The second-order valence-corrected chi connectivity index (χ2v) is 8.37. The van der Waals surface area contributed by atoms with Gasteiger partial charge in [0.1, 0.15) is 5.58 Å². The van der Waals surface area contributed by atoms with E-state index in [1.807, 2.05) is 41.8 Å². The molecule has 0 unspecified atom stereocenters. The van der Waals surface area contributed by atoms with Crippen LogP contribution in [-0.2, 0) is 11.3 Å². The number of rotatable bonds is 6. The van der Waals surface area contributed by atoms with Crippen molar-refractivity contribution in [2.24, 2.45) is 5.92 Å². The molecule has 4 rings (SSSR count). The normalized spacial score (nSPS) is 19.8. The largest absolute Gasteiger partial charge is 0.453 e. The van der Waals surface area contributed by atoms with Crippen LogP contribution in [0.25, 0.3) is 22.6 Å². The van der Waals surface area contributed by atoms with Crippen LogP contribution in [0.2, 0.25) is 0 Å². The van der Waals surface area contributed by atoms with Crippen molar-refractivity contribution >= 4 is 28.6 Å². The molecule has 1 amide bonds. The summed E-state index contributed by atoms with van der Waals surface area (Å²) in [7, 11) is 0. The van der Waals surface area contributed by atoms with Gasteiger partial charge in [-0.25, -0.2) is 0 Å². The number of thioether (sulfide) groups is 1. The Balaban J connectivity index is 1.44. The lowest BCUT2D eigenvalue weighted by Gasteiger charge is -2.29. The molecule has 2 aromatic heterocycles. The average molecular weight is 399 g/mol. The molecular formula is C21H26N4O2S. The van der Waals surface area contributed by atoms with Crippen molar-refractivity contribution in [1.82, 2.24) is 20.1 Å². The van der Waals surface area contributed by atoms with Gasteiger partial charge in [-0.2, -0.15) is 0 Å². The Morgan fingerprint density at radius 2 is 2.11 bits per heavy atom. The van der Waals surface area contributed by atoms with Crippen molar-refractivity contribution in [3.63, 3.8) is 0 Å². The zero-order chi connectivity index (χ0) is 19.5. The van der Waals surface area contributed by atoms with Crippen molar-refractivity contribution in [3.05, 3.63) is 30.3 Å². The maximum atomic E-state index is 12.4. The Morgan fingerprint density at radius 3 is 2.89 bits per heavy atom. The number of furan rings is 1. The molecule has 0 spiro atoms. The van der Waals surface area contributed by atoms with Crippen molar-refractivity contribution in [2.45, 2.75) is 57.3 Å². The monoisotopic (exact) mass is 398 g/mol. The molecule has 1 N–H and O–H groups in total. The standard InChI is InChI=1S/C21H26N4O2S/c1-3-25-20(18-12-15-9-5-7-11-17(15)27-18)23-24-21(25)28-13-19(26)22-16-10-6-4-8-14(16)2/h5,7,9,11-12,14,16H,3-4,6,8,10,13H2,1-2H3,(H,22,26)/t14-,16-/m1/s1. The molecule has 1 aliphatic rings. The number of nitrogens with one attached hydrogen (secondary N) is 1. The molecule has 1 saturated carbocycles. The van der Waals surface area contributed by atoms with Crippen LogP contribution in [0.15, 0.2) is 39.9 Å². The van der Waals surface area contributed by atoms with Crippen molar-refractivity contribution in [3.8, 4) is 11.6 Å². The van der Waals surface area contributed by atoms with Crippen molar-refractivity contribution in [1.29, 1.82) is 0 Å². The van der Waals surface area contributed by atoms with Crippen LogP contribution in [0.5, 0.6) is 0 Å². The Kier molecular flexibility index (Phi) is 5.71. The van der Waals surface area contributed by atoms with E-state index in [0.717, 1.165) is 22.5 Å². The molecule has 6 nitrogen and oxygen atoms in total. The Labute approximate surface area is 169 Å². The van der Waals surface area contributed by atoms with Gasteiger partial charge in [0.25, 0.3) is 0 Å². The number of hydrogen-bond donors (Lipinski definition) is 1. The number of amides is 1. The van der Waals surface area contributed by atoms with E-state index in [-0.39, 0.29) is 5.91 Å². The summed E-state index contributed by atoms with van der Waals surface area (Å²) in [5.41, 5.74) is 0.832. The second-order valence-electron chi connectivity index (χ2n) is 7.42. The van der Waals surface area contributed by atoms with E-state index in [2.05, 4.69) is 22.4 Å².